The molecule has 0 aromatic rings. The van der Waals surface area contributed by atoms with Crippen LogP contribution in [0.4, 0.5) is 0 Å². The first-order valence-corrected chi connectivity index (χ1v) is 6.35. The minimum atomic E-state index is -0.149. The number of ether oxygens (including phenoxy) is 2. The van der Waals surface area contributed by atoms with Crippen molar-refractivity contribution in [2.45, 2.75) is 29.8 Å². The molecule has 0 N–H and O–H groups in total. The van der Waals surface area contributed by atoms with E-state index in [1.54, 1.807) is 0 Å². The average molecular weight is 226 g/mol. The topological polar surface area (TPSA) is 35.5 Å². The van der Waals surface area contributed by atoms with Gasteiger partial charge in [0.05, 0.1) is 19.6 Å². The van der Waals surface area contributed by atoms with E-state index in [4.69, 9.17) is 9.47 Å². The molecule has 2 bridgehead atoms. The minimum absolute atomic E-state index is 0.130. The van der Waals surface area contributed by atoms with Gasteiger partial charge in [0.15, 0.2) is 0 Å². The van der Waals surface area contributed by atoms with Crippen molar-refractivity contribution in [3.63, 3.8) is 0 Å². The normalized spacial score (nSPS) is 45.8. The molecule has 3 nitrogen and oxygen atoms in total. The fourth-order valence-electron chi connectivity index (χ4n) is 2.88. The standard InChI is InChI=1S/C11H14O3S/c1-13-10(12)5-9-11-3-2-8(14-11)4-7(11)6-15-9/h2-3,7-9H,4-6H2,1H3/t7-,8+,9-,11-/m0/s1. The smallest absolute Gasteiger partial charge is 0.306 e. The number of carbonyl (C=O) groups excluding carboxylic acids is 1. The SMILES string of the molecule is COC(=O)C[C@@H]1SC[C@@H]2C[C@H]3C=C[C@]21O3. The molecule has 3 aliphatic heterocycles. The van der Waals surface area contributed by atoms with E-state index in [1.165, 1.54) is 7.11 Å². The minimum Gasteiger partial charge on any atom is -0.469 e. The van der Waals surface area contributed by atoms with Gasteiger partial charge in [-0.2, -0.15) is 11.8 Å². The number of fused-ring (bicyclic) bond motifs is 1. The number of rotatable bonds is 2. The fraction of sp³-hybridized carbons (Fsp3) is 0.727. The van der Waals surface area contributed by atoms with Crippen molar-refractivity contribution >= 4 is 17.7 Å². The highest BCUT2D eigenvalue weighted by Crippen LogP contribution is 2.55. The molecular weight excluding hydrogens is 212 g/mol. The molecule has 15 heavy (non-hydrogen) atoms. The van der Waals surface area contributed by atoms with Crippen molar-refractivity contribution in [3.8, 4) is 0 Å². The zero-order valence-electron chi connectivity index (χ0n) is 8.64. The third kappa shape index (κ3) is 1.27. The van der Waals surface area contributed by atoms with Gasteiger partial charge in [-0.3, -0.25) is 4.79 Å². The predicted molar refractivity (Wildman–Crippen MR) is 57.7 cm³/mol. The summed E-state index contributed by atoms with van der Waals surface area (Å²) in [6.07, 6.45) is 6.22. The largest absolute Gasteiger partial charge is 0.469 e. The van der Waals surface area contributed by atoms with E-state index in [0.717, 1.165) is 12.2 Å². The number of hydrogen-bond acceptors (Lipinski definition) is 4. The third-order valence-electron chi connectivity index (χ3n) is 3.66. The Kier molecular flexibility index (Phi) is 2.11. The summed E-state index contributed by atoms with van der Waals surface area (Å²) in [4.78, 5) is 11.3. The molecule has 4 atom stereocenters. The molecule has 0 unspecified atom stereocenters. The van der Waals surface area contributed by atoms with Crippen LogP contribution in [0.5, 0.6) is 0 Å². The quantitative estimate of drug-likeness (QED) is 0.526. The maximum Gasteiger partial charge on any atom is 0.306 e. The Labute approximate surface area is 93.2 Å². The van der Waals surface area contributed by atoms with E-state index in [2.05, 4.69) is 12.2 Å². The lowest BCUT2D eigenvalue weighted by Crippen LogP contribution is -2.39. The van der Waals surface area contributed by atoms with Gasteiger partial charge in [-0.1, -0.05) is 12.2 Å². The maximum absolute atomic E-state index is 11.3. The highest BCUT2D eigenvalue weighted by molar-refractivity contribution is 8.00. The summed E-state index contributed by atoms with van der Waals surface area (Å²) in [5, 5.41) is 0.249. The van der Waals surface area contributed by atoms with Crippen molar-refractivity contribution in [1.29, 1.82) is 0 Å². The van der Waals surface area contributed by atoms with Gasteiger partial charge in [0.1, 0.15) is 5.60 Å². The van der Waals surface area contributed by atoms with Crippen molar-refractivity contribution in [3.05, 3.63) is 12.2 Å². The maximum atomic E-state index is 11.3. The van der Waals surface area contributed by atoms with Gasteiger partial charge in [-0.25, -0.2) is 0 Å². The van der Waals surface area contributed by atoms with Crippen LogP contribution in [0.1, 0.15) is 12.8 Å². The monoisotopic (exact) mass is 226 g/mol. The average Bonchev–Trinajstić information content (AvgIpc) is 2.88. The van der Waals surface area contributed by atoms with Crippen molar-refractivity contribution in [2.24, 2.45) is 5.92 Å². The summed E-state index contributed by atoms with van der Waals surface area (Å²) in [7, 11) is 1.44. The first-order chi connectivity index (χ1) is 7.24. The number of esters is 1. The molecule has 3 heterocycles. The van der Waals surface area contributed by atoms with Gasteiger partial charge < -0.3 is 9.47 Å². The van der Waals surface area contributed by atoms with E-state index < -0.39 is 0 Å². The number of carbonyl (C=O) groups is 1. The molecule has 3 aliphatic rings. The van der Waals surface area contributed by atoms with Crippen LogP contribution in [-0.4, -0.2) is 35.8 Å². The summed E-state index contributed by atoms with van der Waals surface area (Å²) in [6.45, 7) is 0. The number of thioether (sulfide) groups is 1. The second-order valence-corrected chi connectivity index (χ2v) is 5.64. The summed E-state index contributed by atoms with van der Waals surface area (Å²) in [6, 6.07) is 0. The van der Waals surface area contributed by atoms with Crippen LogP contribution < -0.4 is 0 Å². The highest BCUT2D eigenvalue weighted by Gasteiger charge is 2.58. The van der Waals surface area contributed by atoms with Crippen LogP contribution in [0, 0.1) is 5.92 Å². The second kappa shape index (κ2) is 3.25. The van der Waals surface area contributed by atoms with Crippen LogP contribution in [0.3, 0.4) is 0 Å². The molecule has 0 aromatic carbocycles. The molecule has 0 radical (unpaired) electrons. The summed E-state index contributed by atoms with van der Waals surface area (Å²) < 4.78 is 10.7. The Morgan fingerprint density at radius 2 is 2.60 bits per heavy atom. The lowest BCUT2D eigenvalue weighted by Gasteiger charge is -2.28. The number of methoxy groups -OCH3 is 1. The van der Waals surface area contributed by atoms with E-state index in [1.807, 2.05) is 11.8 Å². The van der Waals surface area contributed by atoms with Crippen LogP contribution in [0.25, 0.3) is 0 Å². The van der Waals surface area contributed by atoms with E-state index in [0.29, 0.717) is 18.4 Å². The van der Waals surface area contributed by atoms with Crippen LogP contribution >= 0.6 is 11.8 Å². The van der Waals surface area contributed by atoms with Gasteiger partial charge in [-0.05, 0) is 12.2 Å². The molecule has 0 aromatic heterocycles. The van der Waals surface area contributed by atoms with E-state index in [-0.39, 0.29) is 16.8 Å². The highest BCUT2D eigenvalue weighted by atomic mass is 32.2. The fourth-order valence-corrected chi connectivity index (χ4v) is 4.58. The van der Waals surface area contributed by atoms with Gasteiger partial charge in [0, 0.05) is 11.2 Å². The molecule has 0 amide bonds. The molecule has 3 rings (SSSR count). The molecule has 1 spiro atoms. The molecule has 0 aliphatic carbocycles. The van der Waals surface area contributed by atoms with Crippen LogP contribution in [-0.2, 0) is 14.3 Å². The van der Waals surface area contributed by atoms with Gasteiger partial charge in [0.2, 0.25) is 0 Å². The summed E-state index contributed by atoms with van der Waals surface area (Å²) >= 11 is 1.85. The Balaban J connectivity index is 1.80. The summed E-state index contributed by atoms with van der Waals surface area (Å²) in [5.74, 6) is 1.59. The Hall–Kier alpha value is -0.480. The van der Waals surface area contributed by atoms with Crippen molar-refractivity contribution in [2.75, 3.05) is 12.9 Å². The molecule has 0 saturated carbocycles. The summed E-state index contributed by atoms with van der Waals surface area (Å²) in [5.41, 5.74) is -0.149. The zero-order valence-corrected chi connectivity index (χ0v) is 9.46. The van der Waals surface area contributed by atoms with Crippen LogP contribution in [0.15, 0.2) is 12.2 Å². The van der Waals surface area contributed by atoms with Crippen molar-refractivity contribution in [1.82, 2.24) is 0 Å². The molecule has 2 fully saturated rings. The van der Waals surface area contributed by atoms with Gasteiger partial charge in [0.25, 0.3) is 0 Å². The Morgan fingerprint density at radius 1 is 1.73 bits per heavy atom. The second-order valence-electron chi connectivity index (χ2n) is 4.40. The predicted octanol–water partition coefficient (Wildman–Crippen LogP) is 1.38. The Morgan fingerprint density at radius 3 is 3.33 bits per heavy atom. The molecular formula is C11H14O3S. The van der Waals surface area contributed by atoms with Crippen molar-refractivity contribution < 1.29 is 14.3 Å². The van der Waals surface area contributed by atoms with Crippen LogP contribution in [0.2, 0.25) is 0 Å². The van der Waals surface area contributed by atoms with E-state index in [9.17, 15) is 4.79 Å². The molecule has 4 heteroatoms. The van der Waals surface area contributed by atoms with E-state index >= 15 is 0 Å². The first-order valence-electron chi connectivity index (χ1n) is 5.30. The lowest BCUT2D eigenvalue weighted by atomic mass is 9.81. The lowest BCUT2D eigenvalue weighted by molar-refractivity contribution is -0.141. The molecule has 2 saturated heterocycles. The van der Waals surface area contributed by atoms with Gasteiger partial charge in [-0.15, -0.1) is 0 Å². The van der Waals surface area contributed by atoms with Gasteiger partial charge >= 0.3 is 5.97 Å². The zero-order chi connectivity index (χ0) is 10.5. The molecule has 82 valence electrons. The first kappa shape index (κ1) is 9.73. The third-order valence-corrected chi connectivity index (χ3v) is 5.20. The number of hydrogen-bond donors (Lipinski definition) is 0. The Bertz CT molecular complexity index is 328.